The van der Waals surface area contributed by atoms with Gasteiger partial charge in [0, 0.05) is 22.9 Å². The van der Waals surface area contributed by atoms with Gasteiger partial charge in [0.15, 0.2) is 0 Å². The monoisotopic (exact) mass is 412 g/mol. The lowest BCUT2D eigenvalue weighted by atomic mass is 10.1. The Labute approximate surface area is 181 Å². The molecule has 0 heterocycles. The van der Waals surface area contributed by atoms with E-state index in [1.807, 2.05) is 30.3 Å². The molecule has 4 N–H and O–H groups in total. The molecule has 0 spiro atoms. The van der Waals surface area contributed by atoms with Crippen molar-refractivity contribution in [3.63, 3.8) is 0 Å². The SMILES string of the molecule is N=C(N)c1cccc(C(=O)N(CC(=O)NC2Cc3ccccc3C2)c2ccccc2)c1. The molecule has 0 aliphatic heterocycles. The van der Waals surface area contributed by atoms with E-state index >= 15 is 0 Å². The van der Waals surface area contributed by atoms with Crippen molar-refractivity contribution >= 4 is 23.3 Å². The van der Waals surface area contributed by atoms with Crippen molar-refractivity contribution < 1.29 is 9.59 Å². The van der Waals surface area contributed by atoms with Crippen LogP contribution in [0.2, 0.25) is 0 Å². The average Bonchev–Trinajstić information content (AvgIpc) is 3.20. The summed E-state index contributed by atoms with van der Waals surface area (Å²) in [4.78, 5) is 27.6. The Morgan fingerprint density at radius 1 is 0.903 bits per heavy atom. The van der Waals surface area contributed by atoms with Gasteiger partial charge in [-0.15, -0.1) is 0 Å². The molecular weight excluding hydrogens is 388 g/mol. The first-order chi connectivity index (χ1) is 15.0. The summed E-state index contributed by atoms with van der Waals surface area (Å²) in [7, 11) is 0. The number of anilines is 1. The highest BCUT2D eigenvalue weighted by atomic mass is 16.2. The molecule has 4 rings (SSSR count). The predicted octanol–water partition coefficient (Wildman–Crippen LogP) is 2.90. The van der Waals surface area contributed by atoms with Crippen molar-refractivity contribution in [1.82, 2.24) is 5.32 Å². The van der Waals surface area contributed by atoms with Crippen LogP contribution in [0.1, 0.15) is 27.0 Å². The minimum absolute atomic E-state index is 0.0265. The fourth-order valence-electron chi connectivity index (χ4n) is 3.94. The molecule has 31 heavy (non-hydrogen) atoms. The predicted molar refractivity (Wildman–Crippen MR) is 121 cm³/mol. The summed E-state index contributed by atoms with van der Waals surface area (Å²) in [6.45, 7) is -0.0972. The number of hydrogen-bond acceptors (Lipinski definition) is 3. The summed E-state index contributed by atoms with van der Waals surface area (Å²) < 4.78 is 0. The number of amides is 2. The van der Waals surface area contributed by atoms with Gasteiger partial charge in [-0.2, -0.15) is 0 Å². The number of nitrogens with one attached hydrogen (secondary N) is 2. The van der Waals surface area contributed by atoms with E-state index in [9.17, 15) is 9.59 Å². The molecule has 6 heteroatoms. The van der Waals surface area contributed by atoms with Gasteiger partial charge in [-0.1, -0.05) is 54.6 Å². The fourth-order valence-corrected chi connectivity index (χ4v) is 3.94. The third kappa shape index (κ3) is 4.64. The standard InChI is InChI=1S/C25H24N4O2/c26-24(27)19-9-6-10-20(13-19)25(31)29(22-11-2-1-3-12-22)16-23(30)28-21-14-17-7-4-5-8-18(17)15-21/h1-13,21H,14-16H2,(H3,26,27)(H,28,30). The van der Waals surface area contributed by atoms with Gasteiger partial charge >= 0.3 is 0 Å². The number of nitrogens with two attached hydrogens (primary N) is 1. The summed E-state index contributed by atoms with van der Waals surface area (Å²) >= 11 is 0. The van der Waals surface area contributed by atoms with Crippen LogP contribution in [0.5, 0.6) is 0 Å². The second-order valence-electron chi connectivity index (χ2n) is 7.66. The van der Waals surface area contributed by atoms with Crippen molar-refractivity contribution in [1.29, 1.82) is 5.41 Å². The van der Waals surface area contributed by atoms with Gasteiger partial charge in [0.2, 0.25) is 5.91 Å². The third-order valence-corrected chi connectivity index (χ3v) is 5.45. The largest absolute Gasteiger partial charge is 0.384 e. The van der Waals surface area contributed by atoms with E-state index < -0.39 is 0 Å². The number of rotatable bonds is 6. The maximum Gasteiger partial charge on any atom is 0.258 e. The molecule has 2 amide bonds. The molecule has 0 atom stereocenters. The van der Waals surface area contributed by atoms with Gasteiger partial charge in [-0.05, 0) is 48.2 Å². The van der Waals surface area contributed by atoms with Crippen molar-refractivity contribution in [2.24, 2.45) is 5.73 Å². The normalized spacial score (nSPS) is 12.8. The minimum atomic E-state index is -0.320. The molecule has 6 nitrogen and oxygen atoms in total. The Bertz CT molecular complexity index is 1100. The molecule has 1 aliphatic rings. The first-order valence-electron chi connectivity index (χ1n) is 10.2. The quantitative estimate of drug-likeness (QED) is 0.429. The zero-order valence-electron chi connectivity index (χ0n) is 17.0. The van der Waals surface area contributed by atoms with E-state index in [0.29, 0.717) is 16.8 Å². The number of nitrogens with zero attached hydrogens (tertiary/aromatic N) is 1. The van der Waals surface area contributed by atoms with E-state index in [0.717, 1.165) is 12.8 Å². The van der Waals surface area contributed by atoms with Crippen LogP contribution in [0, 0.1) is 5.41 Å². The molecular formula is C25H24N4O2. The summed E-state index contributed by atoms with van der Waals surface area (Å²) in [5, 5.41) is 10.7. The molecule has 1 aliphatic carbocycles. The van der Waals surface area contributed by atoms with Crippen LogP contribution in [-0.4, -0.2) is 30.2 Å². The Morgan fingerprint density at radius 3 is 2.16 bits per heavy atom. The zero-order chi connectivity index (χ0) is 21.8. The number of nitrogen functional groups attached to an aromatic ring is 1. The number of hydrogen-bond donors (Lipinski definition) is 3. The third-order valence-electron chi connectivity index (χ3n) is 5.45. The van der Waals surface area contributed by atoms with Crippen LogP contribution in [0.15, 0.2) is 78.9 Å². The fraction of sp³-hybridized carbons (Fsp3) is 0.160. The number of carbonyl (C=O) groups is 2. The Kier molecular flexibility index (Phi) is 5.80. The lowest BCUT2D eigenvalue weighted by Gasteiger charge is -2.24. The molecule has 0 bridgehead atoms. The molecule has 0 unspecified atom stereocenters. The average molecular weight is 412 g/mol. The van der Waals surface area contributed by atoms with E-state index in [1.165, 1.54) is 16.0 Å². The molecule has 0 saturated heterocycles. The maximum absolute atomic E-state index is 13.3. The summed E-state index contributed by atoms with van der Waals surface area (Å²) in [5.41, 5.74) is 9.55. The minimum Gasteiger partial charge on any atom is -0.384 e. The number of para-hydroxylation sites is 1. The summed E-state index contributed by atoms with van der Waals surface area (Å²) in [5.74, 6) is -0.642. The van der Waals surface area contributed by atoms with E-state index in [2.05, 4.69) is 17.4 Å². The molecule has 0 aromatic heterocycles. The van der Waals surface area contributed by atoms with E-state index in [1.54, 1.807) is 36.4 Å². The molecule has 0 saturated carbocycles. The highest BCUT2D eigenvalue weighted by molar-refractivity contribution is 6.10. The van der Waals surface area contributed by atoms with Gasteiger partial charge in [0.05, 0.1) is 0 Å². The van der Waals surface area contributed by atoms with Crippen molar-refractivity contribution in [2.75, 3.05) is 11.4 Å². The van der Waals surface area contributed by atoms with Crippen LogP contribution in [0.4, 0.5) is 5.69 Å². The van der Waals surface area contributed by atoms with Crippen LogP contribution < -0.4 is 16.0 Å². The maximum atomic E-state index is 13.3. The van der Waals surface area contributed by atoms with Crippen LogP contribution in [0.3, 0.4) is 0 Å². The zero-order valence-corrected chi connectivity index (χ0v) is 17.0. The lowest BCUT2D eigenvalue weighted by molar-refractivity contribution is -0.120. The molecule has 3 aromatic carbocycles. The van der Waals surface area contributed by atoms with Gasteiger partial charge in [-0.25, -0.2) is 0 Å². The Balaban J connectivity index is 1.52. The summed E-state index contributed by atoms with van der Waals surface area (Å²) in [6.07, 6.45) is 1.59. The van der Waals surface area contributed by atoms with Crippen LogP contribution in [0.25, 0.3) is 0 Å². The second-order valence-corrected chi connectivity index (χ2v) is 7.66. The first-order valence-corrected chi connectivity index (χ1v) is 10.2. The van der Waals surface area contributed by atoms with Gasteiger partial charge in [-0.3, -0.25) is 19.9 Å². The Morgan fingerprint density at radius 2 is 1.52 bits per heavy atom. The van der Waals surface area contributed by atoms with Crippen LogP contribution in [-0.2, 0) is 17.6 Å². The van der Waals surface area contributed by atoms with Crippen LogP contribution >= 0.6 is 0 Å². The van der Waals surface area contributed by atoms with Gasteiger partial charge in [0.1, 0.15) is 12.4 Å². The lowest BCUT2D eigenvalue weighted by Crippen LogP contribution is -2.44. The molecule has 3 aromatic rings. The number of benzene rings is 3. The number of amidine groups is 1. The van der Waals surface area contributed by atoms with E-state index in [4.69, 9.17) is 11.1 Å². The highest BCUT2D eigenvalue weighted by Crippen LogP contribution is 2.22. The molecule has 0 radical (unpaired) electrons. The van der Waals surface area contributed by atoms with Gasteiger partial charge in [0.25, 0.3) is 5.91 Å². The Hall–Kier alpha value is -3.93. The van der Waals surface area contributed by atoms with E-state index in [-0.39, 0.29) is 30.2 Å². The first kappa shape index (κ1) is 20.3. The topological polar surface area (TPSA) is 99.3 Å². The van der Waals surface area contributed by atoms with Crippen molar-refractivity contribution in [3.05, 3.63) is 101 Å². The summed E-state index contributed by atoms with van der Waals surface area (Å²) in [6, 6.07) is 23.9. The van der Waals surface area contributed by atoms with Crippen molar-refractivity contribution in [3.8, 4) is 0 Å². The molecule has 156 valence electrons. The smallest absolute Gasteiger partial charge is 0.258 e. The highest BCUT2D eigenvalue weighted by Gasteiger charge is 2.25. The number of fused-ring (bicyclic) bond motifs is 1. The second kappa shape index (κ2) is 8.83. The molecule has 0 fully saturated rings. The number of carbonyl (C=O) groups excluding carboxylic acids is 2. The van der Waals surface area contributed by atoms with Gasteiger partial charge < -0.3 is 11.1 Å². The van der Waals surface area contributed by atoms with Crippen molar-refractivity contribution in [2.45, 2.75) is 18.9 Å².